The molecule has 4 heterocycles. The standard InChI is InChI=1S/C71H110N17O27P/c1-36(2)32-46(63(102)84-49(35-115-116(112,113)114)65(104)75-38(4)57(96)77-44(22-25-55(92)93)60(99)79-43(21-24-54(74)91)62(101)83-48(34-89)68(107)87-30-10-15-52(87)70(109)88-31-11-16-53(88)71(110)111)82-59(98)42(12-6-7-27-72)78-61(100)45(23-26-56(94)95)80-64(103)47(33-40-17-19-41(90)20-18-40)81-58(97)39(5)76-66(105)50-13-8-28-85(50)69(108)51-14-9-29-86(51)67(106)37(3)73/h17-20,36-39,42-53,89,112-114H,6-16,21-35,72-73H2,1-5H3,(H15-,74,75,76,77,78,79,80,81,82,83,84,90,91,92,93,94,95,96,97,98,99,100,101,102,103,104,105,110,111)/p+3/t37-,38-,39-,42-,43-,44-,45-,46-,47-,48-,49-,50-,51-,52-,53-/m0/s1. The molecular formula is C71H113N17O27P+3. The molecule has 1 aromatic carbocycles. The van der Waals surface area contributed by atoms with Crippen LogP contribution in [0, 0.1) is 5.92 Å². The minimum atomic E-state index is -5.26. The summed E-state index contributed by atoms with van der Waals surface area (Å²) < 4.78 is 4.71. The third kappa shape index (κ3) is 29.7. The molecule has 0 spiro atoms. The van der Waals surface area contributed by atoms with E-state index in [4.69, 9.17) is 10.3 Å². The summed E-state index contributed by atoms with van der Waals surface area (Å²) in [5.74, 6) is -19.5. The smallest absolute Gasteiger partial charge is 0.508 e. The monoisotopic (exact) mass is 1670 g/mol. The second kappa shape index (κ2) is 45.8. The van der Waals surface area contributed by atoms with E-state index in [1.165, 1.54) is 41.0 Å². The van der Waals surface area contributed by atoms with Gasteiger partial charge in [0.15, 0.2) is 6.04 Å². The predicted molar refractivity (Wildman–Crippen MR) is 401 cm³/mol. The molecule has 1 aromatic rings. The molecule has 116 heavy (non-hydrogen) atoms. The second-order valence-electron chi connectivity index (χ2n) is 29.7. The zero-order chi connectivity index (χ0) is 86.6. The first kappa shape index (κ1) is 96.2. The summed E-state index contributed by atoms with van der Waals surface area (Å²) in [6.45, 7) is 5.71. The number of hydrogen-bond donors (Lipinski definition) is 21. The number of likely N-dealkylation sites (tertiary alicyclic amines) is 4. The fourth-order valence-electron chi connectivity index (χ4n) is 13.8. The van der Waals surface area contributed by atoms with Gasteiger partial charge >= 0.3 is 26.1 Å². The van der Waals surface area contributed by atoms with E-state index >= 15 is 0 Å². The van der Waals surface area contributed by atoms with Gasteiger partial charge in [-0.3, -0.25) is 81.5 Å². The van der Waals surface area contributed by atoms with Gasteiger partial charge in [0, 0.05) is 51.9 Å². The van der Waals surface area contributed by atoms with Crippen LogP contribution in [0.4, 0.5) is 0 Å². The van der Waals surface area contributed by atoms with Crippen molar-refractivity contribution in [3.63, 3.8) is 0 Å². The van der Waals surface area contributed by atoms with E-state index < -0.39 is 257 Å². The Balaban J connectivity index is 1.32. The lowest BCUT2D eigenvalue weighted by Gasteiger charge is -2.32. The number of amides is 15. The Morgan fingerprint density at radius 2 is 0.862 bits per heavy atom. The summed E-state index contributed by atoms with van der Waals surface area (Å²) in [6, 6.07) is -16.9. The number of carboxylic acid groups (broad SMARTS) is 3. The van der Waals surface area contributed by atoms with Gasteiger partial charge in [0.2, 0.25) is 82.7 Å². The van der Waals surface area contributed by atoms with Gasteiger partial charge < -0.3 is 116 Å². The highest BCUT2D eigenvalue weighted by molar-refractivity contribution is 7.53. The Kier molecular flexibility index (Phi) is 38.0. The Morgan fingerprint density at radius 1 is 0.474 bits per heavy atom. The highest BCUT2D eigenvalue weighted by Gasteiger charge is 2.47. The molecule has 15 atom stereocenters. The van der Waals surface area contributed by atoms with E-state index in [9.17, 15) is 127 Å². The molecule has 4 fully saturated rings. The number of phenols is 1. The fraction of sp³-hybridized carbons (Fsp3) is 0.662. The van der Waals surface area contributed by atoms with Crippen LogP contribution in [-0.4, -0.2) is 303 Å². The normalized spacial score (nSPS) is 19.5. The van der Waals surface area contributed by atoms with E-state index in [1.807, 2.05) is 0 Å². The summed E-state index contributed by atoms with van der Waals surface area (Å²) >= 11 is 0. The number of carboxylic acids is 3. The molecule has 0 aromatic heterocycles. The maximum Gasteiger partial charge on any atom is 0.567 e. The molecule has 4 saturated heterocycles. The number of aliphatic carboxylic acids is 3. The van der Waals surface area contributed by atoms with Gasteiger partial charge in [0.25, 0.3) is 5.91 Å². The van der Waals surface area contributed by atoms with Gasteiger partial charge in [0.1, 0.15) is 96.9 Å². The molecule has 0 aliphatic carbocycles. The number of benzene rings is 1. The number of carbonyl (C=O) groups is 18. The van der Waals surface area contributed by atoms with Crippen LogP contribution in [-0.2, 0) is 97.2 Å². The third-order valence-electron chi connectivity index (χ3n) is 19.9. The van der Waals surface area contributed by atoms with Crippen molar-refractivity contribution in [1.29, 1.82) is 0 Å². The molecule has 0 bridgehead atoms. The zero-order valence-corrected chi connectivity index (χ0v) is 66.4. The van der Waals surface area contributed by atoms with Crippen molar-refractivity contribution in [2.75, 3.05) is 45.9 Å². The van der Waals surface area contributed by atoms with Crippen molar-refractivity contribution >= 4 is 115 Å². The fourth-order valence-corrected chi connectivity index (χ4v) is 14.1. The van der Waals surface area contributed by atoms with Gasteiger partial charge in [-0.1, -0.05) is 26.0 Å². The quantitative estimate of drug-likeness (QED) is 0.0213. The molecular weight excluding hydrogens is 1550 g/mol. The van der Waals surface area contributed by atoms with E-state index in [1.54, 1.807) is 20.8 Å². The molecule has 0 radical (unpaired) electrons. The van der Waals surface area contributed by atoms with Crippen LogP contribution in [0.5, 0.6) is 5.75 Å². The molecule has 26 N–H and O–H groups in total. The van der Waals surface area contributed by atoms with Crippen LogP contribution >= 0.6 is 8.17 Å². The van der Waals surface area contributed by atoms with Crippen molar-refractivity contribution in [3.8, 4) is 5.75 Å². The highest BCUT2D eigenvalue weighted by Crippen LogP contribution is 2.45. The van der Waals surface area contributed by atoms with Crippen molar-refractivity contribution < 1.29 is 143 Å². The predicted octanol–water partition coefficient (Wildman–Crippen LogP) is -8.38. The SMILES string of the molecule is CC(C)C[C@H](NC(=O)[C@H](CCCC[NH3+])NC(=O)[C@H](CCC(=O)O)NC(=O)[C@H](Cc1ccc(O)cc1)NC(=O)[C@H](C)NC(=O)[C@@H]1CCCN1C(=O)[C@@H]1CCCN1C(=O)[C@H](C)[NH3+])C(=O)N[C@@H](CO[P+](O)(O)O)C(=O)N[C@@H](C)C(=O)N[C@@H](CCC(=O)O)C(=O)N[C@@H](CCC(N)=O)C(=O)N[C@@H](CO)C(=O)N1CCC[C@H]1C(=O)N1CCC[C@H]1C(=O)O. The average molecular weight is 1670 g/mol. The summed E-state index contributed by atoms with van der Waals surface area (Å²) in [6.07, 6.45) is -1.84. The third-order valence-corrected chi connectivity index (χ3v) is 20.4. The molecule has 4 aliphatic rings. The van der Waals surface area contributed by atoms with Crippen molar-refractivity contribution in [2.24, 2.45) is 11.7 Å². The number of phenolic OH excluding ortho intramolecular Hbond substituents is 1. The van der Waals surface area contributed by atoms with Crippen LogP contribution in [0.15, 0.2) is 24.3 Å². The largest absolute Gasteiger partial charge is 0.567 e. The van der Waals surface area contributed by atoms with E-state index in [0.29, 0.717) is 50.8 Å². The highest BCUT2D eigenvalue weighted by atomic mass is 31.2. The Morgan fingerprint density at radius 3 is 1.32 bits per heavy atom. The lowest BCUT2D eigenvalue weighted by atomic mass is 10.0. The number of aromatic hydroxyl groups is 1. The number of quaternary nitrogens is 2. The Hall–Kier alpha value is -10.4. The number of carbonyl (C=O) groups excluding carboxylic acids is 15. The van der Waals surface area contributed by atoms with Crippen molar-refractivity contribution in [1.82, 2.24) is 72.8 Å². The number of hydrogen-bond acceptors (Lipinski definition) is 24. The molecule has 0 unspecified atom stereocenters. The average Bonchev–Trinajstić information content (AvgIpc) is 1.65. The maximum atomic E-state index is 14.6. The molecule has 44 nitrogen and oxygen atoms in total. The van der Waals surface area contributed by atoms with Gasteiger partial charge in [-0.05, 0) is 141 Å². The topological polar surface area (TPSA) is 693 Å². The van der Waals surface area contributed by atoms with Gasteiger partial charge in [-0.2, -0.15) is 19.2 Å². The number of aliphatic hydroxyl groups is 1. The zero-order valence-electron chi connectivity index (χ0n) is 65.5. The van der Waals surface area contributed by atoms with Gasteiger partial charge in [-0.25, -0.2) is 4.79 Å². The van der Waals surface area contributed by atoms with Crippen molar-refractivity contribution in [3.05, 3.63) is 29.8 Å². The van der Waals surface area contributed by atoms with E-state index in [2.05, 4.69) is 64.6 Å². The molecule has 45 heteroatoms. The van der Waals surface area contributed by atoms with E-state index in [0.717, 1.165) is 16.7 Å². The molecule has 0 saturated carbocycles. The summed E-state index contributed by atoms with van der Waals surface area (Å²) in [4.78, 5) is 279. The number of unbranched alkanes of at least 4 members (excludes halogenated alkanes) is 1. The number of nitrogens with one attached hydrogen (secondary N) is 10. The molecule has 646 valence electrons. The Labute approximate surface area is 667 Å². The Bertz CT molecular complexity index is 3700. The first-order valence-corrected chi connectivity index (χ1v) is 40.1. The summed E-state index contributed by atoms with van der Waals surface area (Å²) in [5.41, 5.74) is 13.3. The summed E-state index contributed by atoms with van der Waals surface area (Å²) in [7, 11) is -5.26. The number of nitrogens with two attached hydrogens (primary N) is 1. The minimum Gasteiger partial charge on any atom is -0.508 e. The number of primary amides is 1. The minimum absolute atomic E-state index is 0.0378. The van der Waals surface area contributed by atoms with Crippen LogP contribution < -0.4 is 70.4 Å². The van der Waals surface area contributed by atoms with Crippen LogP contribution in [0.3, 0.4) is 0 Å². The maximum absolute atomic E-state index is 14.6. The van der Waals surface area contributed by atoms with E-state index in [-0.39, 0.29) is 82.7 Å². The van der Waals surface area contributed by atoms with Crippen LogP contribution in [0.2, 0.25) is 0 Å². The van der Waals surface area contributed by atoms with Gasteiger partial charge in [0.05, 0.1) is 13.2 Å². The van der Waals surface area contributed by atoms with Crippen LogP contribution in [0.25, 0.3) is 0 Å². The van der Waals surface area contributed by atoms with Crippen molar-refractivity contribution in [2.45, 2.75) is 247 Å². The molecule has 5 rings (SSSR count). The number of nitrogens with zero attached hydrogens (tertiary/aromatic N) is 4. The second-order valence-corrected chi connectivity index (χ2v) is 30.9. The number of aliphatic hydroxyl groups excluding tert-OH is 1. The first-order chi connectivity index (χ1) is 54.5. The summed E-state index contributed by atoms with van der Waals surface area (Å²) in [5, 5.41) is 73.5. The molecule has 15 amide bonds. The molecule has 4 aliphatic heterocycles. The van der Waals surface area contributed by atoms with Gasteiger partial charge in [-0.15, -0.1) is 0 Å². The van der Waals surface area contributed by atoms with Crippen LogP contribution in [0.1, 0.15) is 156 Å². The lowest BCUT2D eigenvalue weighted by molar-refractivity contribution is -0.400. The number of rotatable bonds is 46. The first-order valence-electron chi connectivity index (χ1n) is 38.5. The lowest BCUT2D eigenvalue weighted by Crippen LogP contribution is -2.67.